The lowest BCUT2D eigenvalue weighted by molar-refractivity contribution is -0.148. The van der Waals surface area contributed by atoms with E-state index in [1.807, 2.05) is 30.3 Å². The molecule has 1 aromatic carbocycles. The Morgan fingerprint density at radius 1 is 1.21 bits per heavy atom. The zero-order chi connectivity index (χ0) is 10.2. The topological polar surface area (TPSA) is 55.8 Å². The number of carboxylic acid groups (broad SMARTS) is 1. The van der Waals surface area contributed by atoms with Crippen LogP contribution in [-0.2, 0) is 20.9 Å². The van der Waals surface area contributed by atoms with E-state index in [1.54, 1.807) is 0 Å². The van der Waals surface area contributed by atoms with Gasteiger partial charge in [0.25, 0.3) is 0 Å². The average Bonchev–Trinajstić information content (AvgIpc) is 2.18. The minimum Gasteiger partial charge on any atom is -0.480 e. The first kappa shape index (κ1) is 10.7. The van der Waals surface area contributed by atoms with E-state index in [9.17, 15) is 4.79 Å². The summed E-state index contributed by atoms with van der Waals surface area (Å²) in [5, 5.41) is 8.25. The molecule has 4 nitrogen and oxygen atoms in total. The number of aliphatic carboxylic acids is 1. The second-order valence-corrected chi connectivity index (χ2v) is 2.69. The van der Waals surface area contributed by atoms with Gasteiger partial charge in [-0.1, -0.05) is 30.3 Å². The zero-order valence-corrected chi connectivity index (χ0v) is 7.68. The van der Waals surface area contributed by atoms with Gasteiger partial charge in [-0.2, -0.15) is 0 Å². The maximum Gasteiger partial charge on any atom is 0.329 e. The number of ether oxygens (including phenoxy) is 2. The number of hydrogen-bond donors (Lipinski definition) is 1. The fourth-order valence-electron chi connectivity index (χ4n) is 0.922. The van der Waals surface area contributed by atoms with E-state index >= 15 is 0 Å². The largest absolute Gasteiger partial charge is 0.480 e. The van der Waals surface area contributed by atoms with E-state index in [0.29, 0.717) is 6.61 Å². The van der Waals surface area contributed by atoms with Crippen LogP contribution in [0.5, 0.6) is 0 Å². The molecule has 0 fully saturated rings. The molecule has 0 saturated carbocycles. The van der Waals surface area contributed by atoms with Crippen LogP contribution in [0.2, 0.25) is 0 Å². The minimum absolute atomic E-state index is 0.00118. The third-order valence-electron chi connectivity index (χ3n) is 1.50. The van der Waals surface area contributed by atoms with Gasteiger partial charge in [0.05, 0.1) is 6.61 Å². The lowest BCUT2D eigenvalue weighted by atomic mass is 10.2. The second-order valence-electron chi connectivity index (χ2n) is 2.69. The van der Waals surface area contributed by atoms with E-state index in [0.717, 1.165) is 5.56 Å². The Balaban J connectivity index is 2.08. The molecule has 76 valence electrons. The number of carbonyl (C=O) groups is 1. The molecule has 0 amide bonds. The van der Waals surface area contributed by atoms with Crippen molar-refractivity contribution in [2.45, 2.75) is 6.61 Å². The van der Waals surface area contributed by atoms with Crippen LogP contribution >= 0.6 is 0 Å². The molecule has 0 aliphatic carbocycles. The van der Waals surface area contributed by atoms with Crippen LogP contribution in [0, 0.1) is 0 Å². The summed E-state index contributed by atoms with van der Waals surface area (Å²) in [5.74, 6) is -0.992. The molecule has 0 aliphatic heterocycles. The quantitative estimate of drug-likeness (QED) is 0.549. The van der Waals surface area contributed by atoms with Crippen LogP contribution in [0.1, 0.15) is 5.56 Å². The van der Waals surface area contributed by atoms with E-state index in [4.69, 9.17) is 14.6 Å². The first-order chi connectivity index (χ1) is 6.79. The monoisotopic (exact) mass is 196 g/mol. The molecule has 1 aromatic rings. The predicted molar refractivity (Wildman–Crippen MR) is 49.7 cm³/mol. The van der Waals surface area contributed by atoms with Gasteiger partial charge in [-0.25, -0.2) is 4.79 Å². The van der Waals surface area contributed by atoms with Crippen LogP contribution in [0.25, 0.3) is 0 Å². The van der Waals surface area contributed by atoms with Crippen LogP contribution < -0.4 is 0 Å². The summed E-state index contributed by atoms with van der Waals surface area (Å²) >= 11 is 0. The molecule has 1 rings (SSSR count). The van der Waals surface area contributed by atoms with Crippen molar-refractivity contribution < 1.29 is 19.4 Å². The Morgan fingerprint density at radius 2 is 1.93 bits per heavy atom. The molecule has 0 aromatic heterocycles. The van der Waals surface area contributed by atoms with Gasteiger partial charge in [-0.3, -0.25) is 0 Å². The maximum atomic E-state index is 10.1. The van der Waals surface area contributed by atoms with Crippen LogP contribution in [0.3, 0.4) is 0 Å². The molecule has 0 spiro atoms. The summed E-state index contributed by atoms with van der Waals surface area (Å²) in [5.41, 5.74) is 1.03. The molecule has 0 bridgehead atoms. The van der Waals surface area contributed by atoms with Crippen molar-refractivity contribution >= 4 is 5.97 Å². The van der Waals surface area contributed by atoms with Crippen LogP contribution in [-0.4, -0.2) is 24.5 Å². The standard InChI is InChI=1S/C10H12O4/c11-10(12)7-14-8-13-6-9-4-2-1-3-5-9/h1-5H,6-8H2,(H,11,12). The van der Waals surface area contributed by atoms with Gasteiger partial charge in [0.1, 0.15) is 13.4 Å². The first-order valence-corrected chi connectivity index (χ1v) is 4.20. The molecule has 14 heavy (non-hydrogen) atoms. The van der Waals surface area contributed by atoms with E-state index < -0.39 is 5.97 Å². The van der Waals surface area contributed by atoms with Gasteiger partial charge in [-0.05, 0) is 5.56 Å². The van der Waals surface area contributed by atoms with Gasteiger partial charge >= 0.3 is 5.97 Å². The molecule has 4 heteroatoms. The number of rotatable bonds is 6. The van der Waals surface area contributed by atoms with Crippen molar-refractivity contribution in [3.8, 4) is 0 Å². The summed E-state index contributed by atoms with van der Waals surface area (Å²) in [6.45, 7) is 0.108. The molecule has 0 unspecified atom stereocenters. The van der Waals surface area contributed by atoms with Crippen molar-refractivity contribution in [1.82, 2.24) is 0 Å². The van der Waals surface area contributed by atoms with E-state index in [1.165, 1.54) is 0 Å². The van der Waals surface area contributed by atoms with Gasteiger partial charge in [0.15, 0.2) is 0 Å². The highest BCUT2D eigenvalue weighted by atomic mass is 16.7. The van der Waals surface area contributed by atoms with Gasteiger partial charge in [-0.15, -0.1) is 0 Å². The Kier molecular flexibility index (Phi) is 4.68. The maximum absolute atomic E-state index is 10.1. The van der Waals surface area contributed by atoms with Crippen molar-refractivity contribution in [3.05, 3.63) is 35.9 Å². The molecule has 0 radical (unpaired) electrons. The minimum atomic E-state index is -0.992. The van der Waals surface area contributed by atoms with E-state index in [2.05, 4.69) is 0 Å². The molecular formula is C10H12O4. The molecule has 1 N–H and O–H groups in total. The third-order valence-corrected chi connectivity index (χ3v) is 1.50. The predicted octanol–water partition coefficient (Wildman–Crippen LogP) is 1.26. The Bertz CT molecular complexity index is 271. The lowest BCUT2D eigenvalue weighted by Gasteiger charge is -2.03. The SMILES string of the molecule is O=C(O)COCOCc1ccccc1. The summed E-state index contributed by atoms with van der Waals surface area (Å²) in [6, 6.07) is 9.60. The third kappa shape index (κ3) is 4.59. The summed E-state index contributed by atoms with van der Waals surface area (Å²) in [4.78, 5) is 10.1. The fourth-order valence-corrected chi connectivity index (χ4v) is 0.922. The smallest absolute Gasteiger partial charge is 0.329 e. The van der Waals surface area contributed by atoms with Crippen molar-refractivity contribution in [1.29, 1.82) is 0 Å². The van der Waals surface area contributed by atoms with Gasteiger partial charge in [0, 0.05) is 0 Å². The highest BCUT2D eigenvalue weighted by Gasteiger charge is 1.95. The Hall–Kier alpha value is -1.39. The average molecular weight is 196 g/mol. The first-order valence-electron chi connectivity index (χ1n) is 4.20. The second kappa shape index (κ2) is 6.12. The van der Waals surface area contributed by atoms with Crippen LogP contribution in [0.15, 0.2) is 30.3 Å². The highest BCUT2D eigenvalue weighted by molar-refractivity contribution is 5.67. The van der Waals surface area contributed by atoms with Crippen LogP contribution in [0.4, 0.5) is 0 Å². The molecule has 0 saturated heterocycles. The molecule has 0 aliphatic rings. The summed E-state index contributed by atoms with van der Waals surface area (Å²) < 4.78 is 9.78. The van der Waals surface area contributed by atoms with Gasteiger partial charge in [0.2, 0.25) is 0 Å². The van der Waals surface area contributed by atoms with Crippen molar-refractivity contribution in [2.75, 3.05) is 13.4 Å². The Morgan fingerprint density at radius 3 is 2.57 bits per heavy atom. The zero-order valence-electron chi connectivity index (χ0n) is 7.68. The highest BCUT2D eigenvalue weighted by Crippen LogP contribution is 1.99. The number of benzene rings is 1. The molecule has 0 atom stereocenters. The number of carboxylic acids is 1. The van der Waals surface area contributed by atoms with Crippen molar-refractivity contribution in [2.24, 2.45) is 0 Å². The van der Waals surface area contributed by atoms with Crippen molar-refractivity contribution in [3.63, 3.8) is 0 Å². The molecule has 0 heterocycles. The molecular weight excluding hydrogens is 184 g/mol. The normalized spacial score (nSPS) is 10.0. The summed E-state index contributed by atoms with van der Waals surface area (Å²) in [6.07, 6.45) is 0. The Labute approximate surface area is 82.1 Å². The fraction of sp³-hybridized carbons (Fsp3) is 0.300. The van der Waals surface area contributed by atoms with E-state index in [-0.39, 0.29) is 13.4 Å². The lowest BCUT2D eigenvalue weighted by Crippen LogP contribution is -2.09. The summed E-state index contributed by atoms with van der Waals surface area (Å²) in [7, 11) is 0. The van der Waals surface area contributed by atoms with Gasteiger partial charge < -0.3 is 14.6 Å². The number of hydrogen-bond acceptors (Lipinski definition) is 3.